The lowest BCUT2D eigenvalue weighted by molar-refractivity contribution is -0.139. The second-order valence-corrected chi connectivity index (χ2v) is 5.40. The van der Waals surface area contributed by atoms with Crippen molar-refractivity contribution in [3.05, 3.63) is 65.2 Å². The summed E-state index contributed by atoms with van der Waals surface area (Å²) in [5, 5.41) is 3.01. The summed E-state index contributed by atoms with van der Waals surface area (Å²) in [6.07, 6.45) is -5.25. The van der Waals surface area contributed by atoms with E-state index < -0.39 is 17.8 Å². The van der Waals surface area contributed by atoms with E-state index in [0.29, 0.717) is 16.2 Å². The number of fused-ring (bicyclic) bond motifs is 1. The number of nitrogens with one attached hydrogen (secondary N) is 1. The van der Waals surface area contributed by atoms with Gasteiger partial charge in [0, 0.05) is 11.3 Å². The Hall–Kier alpha value is -1.92. The molecule has 1 heterocycles. The molecule has 22 heavy (non-hydrogen) atoms. The molecule has 1 aliphatic heterocycles. The third-order valence-electron chi connectivity index (χ3n) is 3.45. The zero-order valence-corrected chi connectivity index (χ0v) is 12.2. The van der Waals surface area contributed by atoms with Crippen LogP contribution in [0.4, 0.5) is 18.9 Å². The minimum atomic E-state index is -4.44. The van der Waals surface area contributed by atoms with Crippen molar-refractivity contribution in [3.63, 3.8) is 0 Å². The van der Waals surface area contributed by atoms with Gasteiger partial charge >= 0.3 is 6.18 Å². The first-order valence-electron chi connectivity index (χ1n) is 6.63. The van der Waals surface area contributed by atoms with E-state index in [9.17, 15) is 13.2 Å². The van der Waals surface area contributed by atoms with E-state index in [1.54, 1.807) is 30.3 Å². The molecule has 0 bridgehead atoms. The van der Waals surface area contributed by atoms with Crippen molar-refractivity contribution in [2.24, 2.45) is 0 Å². The number of thiocarbonyl (C=S) groups is 1. The van der Waals surface area contributed by atoms with E-state index >= 15 is 0 Å². The first kappa shape index (κ1) is 15.0. The lowest BCUT2D eigenvalue weighted by atomic mass is 9.95. The van der Waals surface area contributed by atoms with E-state index in [4.69, 9.17) is 17.0 Å². The molecular formula is C16H12F3NOS. The van der Waals surface area contributed by atoms with Crippen LogP contribution < -0.4 is 5.32 Å². The SMILES string of the molecule is FC(F)(F)c1ccccc1C1OCC(=S)Nc2ccccc21. The number of benzene rings is 2. The molecule has 6 heteroatoms. The first-order valence-corrected chi connectivity index (χ1v) is 7.04. The van der Waals surface area contributed by atoms with Crippen LogP contribution >= 0.6 is 12.2 Å². The van der Waals surface area contributed by atoms with Gasteiger partial charge in [0.2, 0.25) is 0 Å². The first-order chi connectivity index (χ1) is 10.5. The Morgan fingerprint density at radius 2 is 1.64 bits per heavy atom. The van der Waals surface area contributed by atoms with E-state index in [-0.39, 0.29) is 12.2 Å². The summed E-state index contributed by atoms with van der Waals surface area (Å²) in [6, 6.07) is 12.5. The van der Waals surface area contributed by atoms with E-state index in [2.05, 4.69) is 5.32 Å². The molecule has 114 valence electrons. The van der Waals surface area contributed by atoms with Crippen molar-refractivity contribution in [3.8, 4) is 0 Å². The molecule has 1 aliphatic rings. The van der Waals surface area contributed by atoms with Gasteiger partial charge in [0.15, 0.2) is 0 Å². The Bertz CT molecular complexity index is 715. The highest BCUT2D eigenvalue weighted by Gasteiger charge is 2.36. The predicted octanol–water partition coefficient (Wildman–Crippen LogP) is 4.56. The van der Waals surface area contributed by atoms with Crippen LogP contribution in [0.15, 0.2) is 48.5 Å². The van der Waals surface area contributed by atoms with Crippen LogP contribution in [0.3, 0.4) is 0 Å². The van der Waals surface area contributed by atoms with Crippen LogP contribution in [-0.4, -0.2) is 11.6 Å². The minimum absolute atomic E-state index is 0.0703. The van der Waals surface area contributed by atoms with Crippen molar-refractivity contribution >= 4 is 22.9 Å². The number of halogens is 3. The molecule has 1 N–H and O–H groups in total. The van der Waals surface area contributed by atoms with E-state index in [1.165, 1.54) is 12.1 Å². The molecular weight excluding hydrogens is 311 g/mol. The molecule has 1 atom stereocenters. The Morgan fingerprint density at radius 1 is 1.00 bits per heavy atom. The zero-order chi connectivity index (χ0) is 15.7. The van der Waals surface area contributed by atoms with Gasteiger partial charge < -0.3 is 10.1 Å². The third-order valence-corrected chi connectivity index (χ3v) is 3.67. The summed E-state index contributed by atoms with van der Waals surface area (Å²) in [7, 11) is 0. The fourth-order valence-electron chi connectivity index (χ4n) is 2.52. The maximum absolute atomic E-state index is 13.3. The van der Waals surface area contributed by atoms with Crippen molar-refractivity contribution < 1.29 is 17.9 Å². The van der Waals surface area contributed by atoms with Crippen LogP contribution in [0, 0.1) is 0 Å². The highest BCUT2D eigenvalue weighted by atomic mass is 32.1. The van der Waals surface area contributed by atoms with Crippen LogP contribution in [0.25, 0.3) is 0 Å². The van der Waals surface area contributed by atoms with Crippen molar-refractivity contribution in [2.75, 3.05) is 11.9 Å². The molecule has 0 saturated heterocycles. The van der Waals surface area contributed by atoms with Gasteiger partial charge in [0.1, 0.15) is 11.1 Å². The largest absolute Gasteiger partial charge is 0.416 e. The Labute approximate surface area is 130 Å². The molecule has 0 fully saturated rings. The second kappa shape index (κ2) is 5.70. The molecule has 2 aromatic rings. The highest BCUT2D eigenvalue weighted by Crippen LogP contribution is 2.40. The quantitative estimate of drug-likeness (QED) is 0.777. The standard InChI is InChI=1S/C16H12F3NOS/c17-16(18,19)12-7-3-1-5-10(12)15-11-6-2-4-8-13(11)20-14(22)9-21-15/h1-8,15H,9H2,(H,20,22). The average molecular weight is 323 g/mol. The number of hydrogen-bond acceptors (Lipinski definition) is 2. The summed E-state index contributed by atoms with van der Waals surface area (Å²) in [5.41, 5.74) is 0.711. The number of alkyl halides is 3. The summed E-state index contributed by atoms with van der Waals surface area (Å²) in [6.45, 7) is 0.0703. The van der Waals surface area contributed by atoms with Gasteiger partial charge in [-0.1, -0.05) is 48.6 Å². The number of rotatable bonds is 1. The van der Waals surface area contributed by atoms with E-state index in [0.717, 1.165) is 6.07 Å². The lowest BCUT2D eigenvalue weighted by Gasteiger charge is -2.21. The van der Waals surface area contributed by atoms with Crippen molar-refractivity contribution in [2.45, 2.75) is 12.3 Å². The van der Waals surface area contributed by atoms with Gasteiger partial charge in [-0.2, -0.15) is 13.2 Å². The van der Waals surface area contributed by atoms with Crippen molar-refractivity contribution in [1.29, 1.82) is 0 Å². The molecule has 0 saturated carbocycles. The number of hydrogen-bond donors (Lipinski definition) is 1. The average Bonchev–Trinajstić information content (AvgIpc) is 2.64. The maximum Gasteiger partial charge on any atom is 0.416 e. The lowest BCUT2D eigenvalue weighted by Crippen LogP contribution is -2.16. The molecule has 3 rings (SSSR count). The van der Waals surface area contributed by atoms with Gasteiger partial charge in [-0.15, -0.1) is 0 Å². The molecule has 0 aromatic heterocycles. The number of anilines is 1. The fourth-order valence-corrected chi connectivity index (χ4v) is 2.69. The Kier molecular flexibility index (Phi) is 3.88. The second-order valence-electron chi connectivity index (χ2n) is 4.91. The van der Waals surface area contributed by atoms with Gasteiger partial charge in [-0.3, -0.25) is 0 Å². The normalized spacial score (nSPS) is 18.3. The molecule has 0 radical (unpaired) electrons. The number of para-hydroxylation sites is 1. The Morgan fingerprint density at radius 3 is 2.36 bits per heavy atom. The van der Waals surface area contributed by atoms with Gasteiger partial charge in [-0.05, 0) is 17.7 Å². The Balaban J connectivity index is 2.15. The molecule has 1 unspecified atom stereocenters. The van der Waals surface area contributed by atoms with Gasteiger partial charge in [0.25, 0.3) is 0 Å². The van der Waals surface area contributed by atoms with Gasteiger partial charge in [0.05, 0.1) is 12.2 Å². The zero-order valence-electron chi connectivity index (χ0n) is 11.4. The molecule has 0 amide bonds. The molecule has 2 aromatic carbocycles. The topological polar surface area (TPSA) is 21.3 Å². The fraction of sp³-hybridized carbons (Fsp3) is 0.188. The van der Waals surface area contributed by atoms with Crippen LogP contribution in [-0.2, 0) is 10.9 Å². The monoisotopic (exact) mass is 323 g/mol. The smallest absolute Gasteiger partial charge is 0.362 e. The van der Waals surface area contributed by atoms with E-state index in [1.807, 2.05) is 0 Å². The maximum atomic E-state index is 13.3. The summed E-state index contributed by atoms with van der Waals surface area (Å²) >= 11 is 5.12. The molecule has 0 aliphatic carbocycles. The minimum Gasteiger partial charge on any atom is -0.362 e. The predicted molar refractivity (Wildman–Crippen MR) is 81.9 cm³/mol. The molecule has 2 nitrogen and oxygen atoms in total. The highest BCUT2D eigenvalue weighted by molar-refractivity contribution is 7.80. The summed E-state index contributed by atoms with van der Waals surface area (Å²) < 4.78 is 45.4. The summed E-state index contributed by atoms with van der Waals surface area (Å²) in [4.78, 5) is 0.444. The van der Waals surface area contributed by atoms with Crippen LogP contribution in [0.2, 0.25) is 0 Å². The number of ether oxygens (including phenoxy) is 1. The molecule has 0 spiro atoms. The van der Waals surface area contributed by atoms with Crippen LogP contribution in [0.1, 0.15) is 22.8 Å². The van der Waals surface area contributed by atoms with Crippen molar-refractivity contribution in [1.82, 2.24) is 0 Å². The van der Waals surface area contributed by atoms with Gasteiger partial charge in [-0.25, -0.2) is 0 Å². The third kappa shape index (κ3) is 2.84. The summed E-state index contributed by atoms with van der Waals surface area (Å²) in [5.74, 6) is 0. The van der Waals surface area contributed by atoms with Crippen LogP contribution in [0.5, 0.6) is 0 Å².